The molecule has 0 spiro atoms. The zero-order valence-corrected chi connectivity index (χ0v) is 10.8. The van der Waals surface area contributed by atoms with Crippen molar-refractivity contribution in [1.82, 2.24) is 5.32 Å². The molecule has 0 unspecified atom stereocenters. The number of nitrogens with one attached hydrogen (secondary N) is 1. The highest BCUT2D eigenvalue weighted by atomic mass is 19.3. The predicted octanol–water partition coefficient (Wildman–Crippen LogP) is 4.29. The second-order valence-corrected chi connectivity index (χ2v) is 5.38. The number of halogens is 2. The Kier molecular flexibility index (Phi) is 4.70. The Morgan fingerprint density at radius 3 is 2.61 bits per heavy atom. The maximum atomic E-state index is 12.6. The molecule has 1 nitrogen and oxygen atoms in total. The molecular weight excluding hydrogens is 232 g/mol. The topological polar surface area (TPSA) is 12.0 Å². The van der Waals surface area contributed by atoms with Crippen LogP contribution >= 0.6 is 0 Å². The van der Waals surface area contributed by atoms with Crippen molar-refractivity contribution in [3.05, 3.63) is 35.4 Å². The number of benzene rings is 1. The molecule has 100 valence electrons. The molecule has 0 aliphatic heterocycles. The van der Waals surface area contributed by atoms with E-state index in [0.717, 1.165) is 11.5 Å². The van der Waals surface area contributed by atoms with Crippen LogP contribution in [-0.2, 0) is 6.54 Å². The summed E-state index contributed by atoms with van der Waals surface area (Å²) in [5, 5.41) is 3.48. The van der Waals surface area contributed by atoms with E-state index in [9.17, 15) is 8.78 Å². The number of hydrogen-bond acceptors (Lipinski definition) is 1. The summed E-state index contributed by atoms with van der Waals surface area (Å²) in [7, 11) is 0. The van der Waals surface area contributed by atoms with E-state index in [2.05, 4.69) is 12.2 Å². The van der Waals surface area contributed by atoms with Crippen molar-refractivity contribution in [2.24, 2.45) is 5.92 Å². The molecule has 0 saturated heterocycles. The van der Waals surface area contributed by atoms with Crippen LogP contribution in [0, 0.1) is 5.92 Å². The van der Waals surface area contributed by atoms with Gasteiger partial charge in [0, 0.05) is 18.2 Å². The van der Waals surface area contributed by atoms with Gasteiger partial charge in [0.1, 0.15) is 0 Å². The van der Waals surface area contributed by atoms with Crippen LogP contribution in [0.1, 0.15) is 50.2 Å². The van der Waals surface area contributed by atoms with Gasteiger partial charge in [0.15, 0.2) is 0 Å². The summed E-state index contributed by atoms with van der Waals surface area (Å²) in [5.41, 5.74) is 1.07. The minimum absolute atomic E-state index is 0.117. The lowest BCUT2D eigenvalue weighted by molar-refractivity contribution is 0.151. The Bertz CT molecular complexity index is 371. The molecule has 1 aromatic rings. The molecule has 0 bridgehead atoms. The zero-order chi connectivity index (χ0) is 13.0. The van der Waals surface area contributed by atoms with Crippen LogP contribution in [0.2, 0.25) is 0 Å². The second kappa shape index (κ2) is 6.28. The Labute approximate surface area is 108 Å². The molecule has 2 rings (SSSR count). The van der Waals surface area contributed by atoms with Gasteiger partial charge in [-0.15, -0.1) is 0 Å². The molecule has 1 saturated carbocycles. The SMILES string of the molecule is CC1CCC(NCc2cccc(C(F)F)c2)CC1. The van der Waals surface area contributed by atoms with Gasteiger partial charge in [-0.2, -0.15) is 0 Å². The molecule has 0 atom stereocenters. The molecular formula is C15H21F2N. The summed E-state index contributed by atoms with van der Waals surface area (Å²) in [5.74, 6) is 0.838. The molecule has 1 aromatic carbocycles. The van der Waals surface area contributed by atoms with Crippen molar-refractivity contribution in [3.8, 4) is 0 Å². The molecule has 0 heterocycles. The van der Waals surface area contributed by atoms with Gasteiger partial charge in [-0.05, 0) is 43.2 Å². The summed E-state index contributed by atoms with van der Waals surface area (Å²) >= 11 is 0. The van der Waals surface area contributed by atoms with Gasteiger partial charge in [0.25, 0.3) is 6.43 Å². The third-order valence-electron chi connectivity index (χ3n) is 3.81. The molecule has 1 aliphatic rings. The Morgan fingerprint density at radius 1 is 1.22 bits per heavy atom. The summed E-state index contributed by atoms with van der Waals surface area (Å²) in [6.07, 6.45) is 2.58. The van der Waals surface area contributed by atoms with Crippen LogP contribution in [0.4, 0.5) is 8.78 Å². The highest BCUT2D eigenvalue weighted by Gasteiger charge is 2.17. The van der Waals surface area contributed by atoms with E-state index in [1.54, 1.807) is 12.1 Å². The summed E-state index contributed by atoms with van der Waals surface area (Å²) in [4.78, 5) is 0. The van der Waals surface area contributed by atoms with Crippen LogP contribution in [0.15, 0.2) is 24.3 Å². The lowest BCUT2D eigenvalue weighted by atomic mass is 9.87. The fourth-order valence-corrected chi connectivity index (χ4v) is 2.57. The third kappa shape index (κ3) is 3.77. The molecule has 1 N–H and O–H groups in total. The molecule has 1 fully saturated rings. The maximum absolute atomic E-state index is 12.6. The van der Waals surface area contributed by atoms with Crippen LogP contribution < -0.4 is 5.32 Å². The maximum Gasteiger partial charge on any atom is 0.263 e. The van der Waals surface area contributed by atoms with E-state index in [1.807, 2.05) is 6.07 Å². The Morgan fingerprint density at radius 2 is 1.94 bits per heavy atom. The minimum atomic E-state index is -2.37. The number of rotatable bonds is 4. The van der Waals surface area contributed by atoms with Crippen molar-refractivity contribution in [3.63, 3.8) is 0 Å². The molecule has 0 aromatic heterocycles. The largest absolute Gasteiger partial charge is 0.310 e. The van der Waals surface area contributed by atoms with Crippen LogP contribution in [0.5, 0.6) is 0 Å². The summed E-state index contributed by atoms with van der Waals surface area (Å²) < 4.78 is 25.1. The normalized spacial score (nSPS) is 24.4. The fourth-order valence-electron chi connectivity index (χ4n) is 2.57. The van der Waals surface area contributed by atoms with Gasteiger partial charge in [-0.3, -0.25) is 0 Å². The van der Waals surface area contributed by atoms with Gasteiger partial charge in [-0.1, -0.05) is 25.1 Å². The molecule has 0 radical (unpaired) electrons. The highest BCUT2D eigenvalue weighted by Crippen LogP contribution is 2.24. The molecule has 3 heteroatoms. The molecule has 0 amide bonds. The summed E-state index contributed by atoms with van der Waals surface area (Å²) in [6, 6.07) is 7.25. The van der Waals surface area contributed by atoms with E-state index in [1.165, 1.54) is 31.7 Å². The van der Waals surface area contributed by atoms with Crippen LogP contribution in [-0.4, -0.2) is 6.04 Å². The van der Waals surface area contributed by atoms with Crippen molar-refractivity contribution in [1.29, 1.82) is 0 Å². The van der Waals surface area contributed by atoms with Gasteiger partial charge in [0.2, 0.25) is 0 Å². The van der Waals surface area contributed by atoms with Gasteiger partial charge >= 0.3 is 0 Å². The van der Waals surface area contributed by atoms with Gasteiger partial charge in [0.05, 0.1) is 0 Å². The Hall–Kier alpha value is -0.960. The van der Waals surface area contributed by atoms with Crippen molar-refractivity contribution in [2.75, 3.05) is 0 Å². The van der Waals surface area contributed by atoms with Crippen molar-refractivity contribution >= 4 is 0 Å². The average Bonchev–Trinajstić information content (AvgIpc) is 2.38. The van der Waals surface area contributed by atoms with E-state index < -0.39 is 6.43 Å². The van der Waals surface area contributed by atoms with Crippen molar-refractivity contribution < 1.29 is 8.78 Å². The van der Waals surface area contributed by atoms with Crippen LogP contribution in [0.25, 0.3) is 0 Å². The lowest BCUT2D eigenvalue weighted by Gasteiger charge is -2.27. The first-order valence-electron chi connectivity index (χ1n) is 6.75. The lowest BCUT2D eigenvalue weighted by Crippen LogP contribution is -2.32. The van der Waals surface area contributed by atoms with Gasteiger partial charge in [-0.25, -0.2) is 8.78 Å². The first-order chi connectivity index (χ1) is 8.65. The highest BCUT2D eigenvalue weighted by molar-refractivity contribution is 5.24. The first kappa shape index (κ1) is 13.5. The zero-order valence-electron chi connectivity index (χ0n) is 10.8. The predicted molar refractivity (Wildman–Crippen MR) is 69.7 cm³/mol. The first-order valence-corrected chi connectivity index (χ1v) is 6.75. The van der Waals surface area contributed by atoms with E-state index in [-0.39, 0.29) is 5.56 Å². The van der Waals surface area contributed by atoms with Crippen molar-refractivity contribution in [2.45, 2.75) is 51.6 Å². The monoisotopic (exact) mass is 253 g/mol. The minimum Gasteiger partial charge on any atom is -0.310 e. The third-order valence-corrected chi connectivity index (χ3v) is 3.81. The quantitative estimate of drug-likeness (QED) is 0.844. The average molecular weight is 253 g/mol. The number of hydrogen-bond donors (Lipinski definition) is 1. The summed E-state index contributed by atoms with van der Waals surface area (Å²) in [6.45, 7) is 2.99. The van der Waals surface area contributed by atoms with E-state index >= 15 is 0 Å². The molecule has 1 aliphatic carbocycles. The smallest absolute Gasteiger partial charge is 0.263 e. The van der Waals surface area contributed by atoms with E-state index in [0.29, 0.717) is 12.6 Å². The fraction of sp³-hybridized carbons (Fsp3) is 0.600. The number of alkyl halides is 2. The van der Waals surface area contributed by atoms with Gasteiger partial charge < -0.3 is 5.32 Å². The molecule has 18 heavy (non-hydrogen) atoms. The standard InChI is InChI=1S/C15H21F2N/c1-11-5-7-14(8-6-11)18-10-12-3-2-4-13(9-12)15(16)17/h2-4,9,11,14-15,18H,5-8,10H2,1H3. The van der Waals surface area contributed by atoms with E-state index in [4.69, 9.17) is 0 Å². The second-order valence-electron chi connectivity index (χ2n) is 5.38. The Balaban J connectivity index is 1.84. The van der Waals surface area contributed by atoms with Crippen LogP contribution in [0.3, 0.4) is 0 Å².